The molecule has 0 radical (unpaired) electrons. The van der Waals surface area contributed by atoms with Crippen molar-refractivity contribution in [3.8, 4) is 0 Å². The zero-order valence-electron chi connectivity index (χ0n) is 11.1. The van der Waals surface area contributed by atoms with Crippen molar-refractivity contribution in [1.29, 1.82) is 0 Å². The molecule has 0 aromatic heterocycles. The van der Waals surface area contributed by atoms with E-state index in [1.807, 2.05) is 19.1 Å². The van der Waals surface area contributed by atoms with Crippen LogP contribution >= 0.6 is 0 Å². The van der Waals surface area contributed by atoms with Gasteiger partial charge in [-0.3, -0.25) is 9.59 Å². The van der Waals surface area contributed by atoms with Gasteiger partial charge in [0.2, 0.25) is 5.91 Å². The van der Waals surface area contributed by atoms with Crippen LogP contribution in [0.5, 0.6) is 0 Å². The lowest BCUT2D eigenvalue weighted by atomic mass is 10.1. The van der Waals surface area contributed by atoms with Crippen LogP contribution in [-0.4, -0.2) is 34.1 Å². The van der Waals surface area contributed by atoms with E-state index in [0.717, 1.165) is 11.1 Å². The van der Waals surface area contributed by atoms with Crippen molar-refractivity contribution in [2.45, 2.75) is 32.2 Å². The fourth-order valence-electron chi connectivity index (χ4n) is 1.66. The van der Waals surface area contributed by atoms with Gasteiger partial charge in [-0.05, 0) is 18.9 Å². The molecule has 0 aliphatic carbocycles. The van der Waals surface area contributed by atoms with Crippen molar-refractivity contribution in [3.05, 3.63) is 35.4 Å². The molecule has 0 saturated heterocycles. The molecule has 0 heterocycles. The lowest BCUT2D eigenvalue weighted by molar-refractivity contribution is -0.143. The highest BCUT2D eigenvalue weighted by Gasteiger charge is 2.20. The first-order valence-corrected chi connectivity index (χ1v) is 6.18. The maximum absolute atomic E-state index is 11.7. The molecular formula is C14H17NO5. The van der Waals surface area contributed by atoms with Crippen LogP contribution in [0.2, 0.25) is 0 Å². The highest BCUT2D eigenvalue weighted by molar-refractivity contribution is 5.85. The fourth-order valence-corrected chi connectivity index (χ4v) is 1.66. The number of amides is 1. The molecule has 0 unspecified atom stereocenters. The topological polar surface area (TPSA) is 104 Å². The summed E-state index contributed by atoms with van der Waals surface area (Å²) in [5.41, 5.74) is 1.84. The number of carbonyl (C=O) groups is 3. The van der Waals surface area contributed by atoms with E-state index in [-0.39, 0.29) is 19.3 Å². The Morgan fingerprint density at radius 3 is 2.25 bits per heavy atom. The fraction of sp³-hybridized carbons (Fsp3) is 0.357. The second kappa shape index (κ2) is 7.28. The van der Waals surface area contributed by atoms with Crippen molar-refractivity contribution in [1.82, 2.24) is 5.32 Å². The first-order valence-electron chi connectivity index (χ1n) is 6.18. The van der Waals surface area contributed by atoms with E-state index in [2.05, 4.69) is 5.32 Å². The van der Waals surface area contributed by atoms with Gasteiger partial charge in [-0.2, -0.15) is 0 Å². The van der Waals surface area contributed by atoms with Crippen LogP contribution in [0, 0.1) is 6.92 Å². The van der Waals surface area contributed by atoms with Crippen LogP contribution < -0.4 is 5.32 Å². The zero-order valence-corrected chi connectivity index (χ0v) is 11.1. The summed E-state index contributed by atoms with van der Waals surface area (Å²) in [5.74, 6) is -2.76. The number of hydrogen-bond donors (Lipinski definition) is 3. The van der Waals surface area contributed by atoms with Crippen molar-refractivity contribution in [3.63, 3.8) is 0 Å². The molecular weight excluding hydrogens is 262 g/mol. The zero-order chi connectivity index (χ0) is 15.1. The van der Waals surface area contributed by atoms with Gasteiger partial charge in [0, 0.05) is 6.42 Å². The molecule has 108 valence electrons. The quantitative estimate of drug-likeness (QED) is 0.690. The van der Waals surface area contributed by atoms with Gasteiger partial charge < -0.3 is 15.5 Å². The Morgan fingerprint density at radius 1 is 1.15 bits per heavy atom. The van der Waals surface area contributed by atoms with E-state index in [4.69, 9.17) is 10.2 Å². The summed E-state index contributed by atoms with van der Waals surface area (Å²) in [6.45, 7) is 1.93. The number of carboxylic acids is 2. The molecule has 3 N–H and O–H groups in total. The van der Waals surface area contributed by atoms with Crippen LogP contribution in [0.25, 0.3) is 0 Å². The minimum atomic E-state index is -1.23. The Kier molecular flexibility index (Phi) is 5.71. The van der Waals surface area contributed by atoms with Crippen LogP contribution in [0.15, 0.2) is 24.3 Å². The lowest BCUT2D eigenvalue weighted by Crippen LogP contribution is -2.41. The summed E-state index contributed by atoms with van der Waals surface area (Å²) in [6, 6.07) is 6.14. The van der Waals surface area contributed by atoms with Gasteiger partial charge in [-0.25, -0.2) is 4.79 Å². The standard InChI is InChI=1S/C14H17NO5/c1-9-2-4-10(5-3-9)8-12(16)15-11(14(19)20)6-7-13(17)18/h2-5,11H,6-8H2,1H3,(H,15,16)(H,17,18)(H,19,20)/t11-/m0/s1. The predicted octanol–water partition coefficient (Wildman–Crippen LogP) is 0.972. The Labute approximate surface area is 116 Å². The third-order valence-electron chi connectivity index (χ3n) is 2.77. The van der Waals surface area contributed by atoms with Gasteiger partial charge in [-0.15, -0.1) is 0 Å². The molecule has 0 saturated carbocycles. The molecule has 1 atom stereocenters. The van der Waals surface area contributed by atoms with E-state index in [0.29, 0.717) is 0 Å². The number of carbonyl (C=O) groups excluding carboxylic acids is 1. The molecule has 1 rings (SSSR count). The number of carboxylic acid groups (broad SMARTS) is 2. The normalized spacial score (nSPS) is 11.7. The van der Waals surface area contributed by atoms with Gasteiger partial charge in [0.1, 0.15) is 6.04 Å². The first-order chi connectivity index (χ1) is 9.38. The van der Waals surface area contributed by atoms with Crippen LogP contribution in [0.3, 0.4) is 0 Å². The molecule has 0 bridgehead atoms. The van der Waals surface area contributed by atoms with E-state index >= 15 is 0 Å². The van der Waals surface area contributed by atoms with Gasteiger partial charge in [0.25, 0.3) is 0 Å². The summed E-state index contributed by atoms with van der Waals surface area (Å²) in [4.78, 5) is 33.1. The number of benzene rings is 1. The summed E-state index contributed by atoms with van der Waals surface area (Å²) in [5, 5.41) is 19.8. The average Bonchev–Trinajstić information content (AvgIpc) is 2.36. The smallest absolute Gasteiger partial charge is 0.326 e. The van der Waals surface area contributed by atoms with Crippen LogP contribution in [0.4, 0.5) is 0 Å². The molecule has 1 aromatic rings. The molecule has 6 heteroatoms. The number of aryl methyl sites for hydroxylation is 1. The van der Waals surface area contributed by atoms with Crippen molar-refractivity contribution in [2.24, 2.45) is 0 Å². The second-order valence-electron chi connectivity index (χ2n) is 4.55. The first kappa shape index (κ1) is 15.7. The summed E-state index contributed by atoms with van der Waals surface area (Å²) in [6.07, 6.45) is -0.372. The maximum Gasteiger partial charge on any atom is 0.326 e. The largest absolute Gasteiger partial charge is 0.481 e. The molecule has 20 heavy (non-hydrogen) atoms. The molecule has 0 fully saturated rings. The van der Waals surface area contributed by atoms with Gasteiger partial charge in [-0.1, -0.05) is 29.8 Å². The summed E-state index contributed by atoms with van der Waals surface area (Å²) < 4.78 is 0. The number of nitrogens with one attached hydrogen (secondary N) is 1. The second-order valence-corrected chi connectivity index (χ2v) is 4.55. The van der Waals surface area contributed by atoms with E-state index in [1.165, 1.54) is 0 Å². The maximum atomic E-state index is 11.7. The summed E-state index contributed by atoms with van der Waals surface area (Å²) >= 11 is 0. The molecule has 1 aromatic carbocycles. The Bertz CT molecular complexity index is 495. The SMILES string of the molecule is Cc1ccc(CC(=O)N[C@@H](CCC(=O)O)C(=O)O)cc1. The number of hydrogen-bond acceptors (Lipinski definition) is 3. The molecule has 0 spiro atoms. The minimum absolute atomic E-state index is 0.0666. The van der Waals surface area contributed by atoms with Crippen LogP contribution in [0.1, 0.15) is 24.0 Å². The lowest BCUT2D eigenvalue weighted by Gasteiger charge is -2.13. The summed E-state index contributed by atoms with van der Waals surface area (Å²) in [7, 11) is 0. The van der Waals surface area contributed by atoms with Gasteiger partial charge >= 0.3 is 11.9 Å². The monoisotopic (exact) mass is 279 g/mol. The Balaban J connectivity index is 2.55. The molecule has 1 amide bonds. The number of aliphatic carboxylic acids is 2. The predicted molar refractivity (Wildman–Crippen MR) is 71.3 cm³/mol. The van der Waals surface area contributed by atoms with E-state index in [1.54, 1.807) is 12.1 Å². The third kappa shape index (κ3) is 5.51. The highest BCUT2D eigenvalue weighted by atomic mass is 16.4. The Hall–Kier alpha value is -2.37. The highest BCUT2D eigenvalue weighted by Crippen LogP contribution is 2.05. The van der Waals surface area contributed by atoms with E-state index in [9.17, 15) is 14.4 Å². The van der Waals surface area contributed by atoms with Crippen molar-refractivity contribution in [2.75, 3.05) is 0 Å². The molecule has 0 aliphatic heterocycles. The third-order valence-corrected chi connectivity index (χ3v) is 2.77. The average molecular weight is 279 g/mol. The van der Waals surface area contributed by atoms with Crippen LogP contribution in [-0.2, 0) is 20.8 Å². The van der Waals surface area contributed by atoms with E-state index < -0.39 is 23.9 Å². The molecule has 0 aliphatic rings. The van der Waals surface area contributed by atoms with Crippen molar-refractivity contribution < 1.29 is 24.6 Å². The molecule has 6 nitrogen and oxygen atoms in total. The van der Waals surface area contributed by atoms with Crippen molar-refractivity contribution >= 4 is 17.8 Å². The minimum Gasteiger partial charge on any atom is -0.481 e. The van der Waals surface area contributed by atoms with Gasteiger partial charge in [0.05, 0.1) is 6.42 Å². The van der Waals surface area contributed by atoms with Gasteiger partial charge in [0.15, 0.2) is 0 Å². The Morgan fingerprint density at radius 2 is 1.75 bits per heavy atom. The number of rotatable bonds is 7.